The van der Waals surface area contributed by atoms with Crippen molar-refractivity contribution in [2.45, 2.75) is 45.1 Å². The van der Waals surface area contributed by atoms with E-state index in [2.05, 4.69) is 18.9 Å². The monoisotopic (exact) mass is 185 g/mol. The van der Waals surface area contributed by atoms with E-state index in [1.54, 1.807) is 0 Å². The Labute approximate surface area is 81.9 Å². The van der Waals surface area contributed by atoms with Gasteiger partial charge < -0.3 is 10.0 Å². The lowest BCUT2D eigenvalue weighted by molar-refractivity contribution is 0.104. The standard InChI is InChI=1S/C11H23NO/c1-3-12(2)9-11(13)8-10-6-4-5-7-10/h10-11,13H,3-9H2,1-2H3. The molecule has 0 spiro atoms. The largest absolute Gasteiger partial charge is 0.392 e. The van der Waals surface area contributed by atoms with Crippen molar-refractivity contribution in [3.63, 3.8) is 0 Å². The average molecular weight is 185 g/mol. The van der Waals surface area contributed by atoms with Gasteiger partial charge in [-0.05, 0) is 25.9 Å². The summed E-state index contributed by atoms with van der Waals surface area (Å²) in [5, 5.41) is 9.77. The summed E-state index contributed by atoms with van der Waals surface area (Å²) in [6, 6.07) is 0. The highest BCUT2D eigenvalue weighted by Crippen LogP contribution is 2.28. The van der Waals surface area contributed by atoms with Crippen LogP contribution < -0.4 is 0 Å². The van der Waals surface area contributed by atoms with Crippen molar-refractivity contribution in [1.82, 2.24) is 4.90 Å². The summed E-state index contributed by atoms with van der Waals surface area (Å²) < 4.78 is 0. The number of nitrogens with zero attached hydrogens (tertiary/aromatic N) is 1. The van der Waals surface area contributed by atoms with E-state index < -0.39 is 0 Å². The number of rotatable bonds is 5. The van der Waals surface area contributed by atoms with Crippen molar-refractivity contribution in [1.29, 1.82) is 0 Å². The fourth-order valence-electron chi connectivity index (χ4n) is 2.19. The van der Waals surface area contributed by atoms with Gasteiger partial charge in [-0.25, -0.2) is 0 Å². The highest BCUT2D eigenvalue weighted by Gasteiger charge is 2.19. The van der Waals surface area contributed by atoms with E-state index in [-0.39, 0.29) is 6.10 Å². The molecule has 0 aromatic carbocycles. The van der Waals surface area contributed by atoms with Crippen molar-refractivity contribution in [2.24, 2.45) is 5.92 Å². The van der Waals surface area contributed by atoms with Crippen LogP contribution in [0, 0.1) is 5.92 Å². The molecule has 0 amide bonds. The molecule has 0 aromatic heterocycles. The summed E-state index contributed by atoms with van der Waals surface area (Å²) >= 11 is 0. The van der Waals surface area contributed by atoms with E-state index in [1.165, 1.54) is 25.7 Å². The molecule has 2 nitrogen and oxygen atoms in total. The summed E-state index contributed by atoms with van der Waals surface area (Å²) in [6.07, 6.45) is 6.35. The van der Waals surface area contributed by atoms with E-state index in [0.717, 1.165) is 25.4 Å². The number of aliphatic hydroxyl groups excluding tert-OH is 1. The zero-order valence-electron chi connectivity index (χ0n) is 9.00. The maximum Gasteiger partial charge on any atom is 0.0669 e. The van der Waals surface area contributed by atoms with Crippen LogP contribution in [0.3, 0.4) is 0 Å². The molecule has 1 fully saturated rings. The quantitative estimate of drug-likeness (QED) is 0.707. The third-order valence-corrected chi connectivity index (χ3v) is 3.14. The van der Waals surface area contributed by atoms with E-state index in [4.69, 9.17) is 0 Å². The maximum absolute atomic E-state index is 9.77. The predicted octanol–water partition coefficient (Wildman–Crippen LogP) is 1.88. The summed E-state index contributed by atoms with van der Waals surface area (Å²) in [7, 11) is 2.07. The fraction of sp³-hybridized carbons (Fsp3) is 1.00. The second-order valence-electron chi connectivity index (χ2n) is 4.39. The lowest BCUT2D eigenvalue weighted by atomic mass is 10.00. The van der Waals surface area contributed by atoms with Gasteiger partial charge in [0.1, 0.15) is 0 Å². The van der Waals surface area contributed by atoms with Crippen LogP contribution in [0.1, 0.15) is 39.0 Å². The first-order valence-electron chi connectivity index (χ1n) is 5.59. The minimum Gasteiger partial charge on any atom is -0.392 e. The average Bonchev–Trinajstić information content (AvgIpc) is 2.56. The summed E-state index contributed by atoms with van der Waals surface area (Å²) in [4.78, 5) is 2.18. The van der Waals surface area contributed by atoms with Gasteiger partial charge in [0.25, 0.3) is 0 Å². The Hall–Kier alpha value is -0.0800. The molecule has 0 heterocycles. The molecule has 78 valence electrons. The zero-order valence-corrected chi connectivity index (χ0v) is 9.00. The molecule has 1 unspecified atom stereocenters. The van der Waals surface area contributed by atoms with Gasteiger partial charge in [0.05, 0.1) is 6.10 Å². The molecule has 0 aliphatic heterocycles. The van der Waals surface area contributed by atoms with Crippen LogP contribution in [0.15, 0.2) is 0 Å². The van der Waals surface area contributed by atoms with Crippen molar-refractivity contribution in [2.75, 3.05) is 20.1 Å². The highest BCUT2D eigenvalue weighted by molar-refractivity contribution is 4.72. The van der Waals surface area contributed by atoms with Crippen LogP contribution in [-0.2, 0) is 0 Å². The van der Waals surface area contributed by atoms with Crippen LogP contribution in [-0.4, -0.2) is 36.2 Å². The van der Waals surface area contributed by atoms with Crippen molar-refractivity contribution in [3.8, 4) is 0 Å². The third-order valence-electron chi connectivity index (χ3n) is 3.14. The maximum atomic E-state index is 9.77. The van der Waals surface area contributed by atoms with Gasteiger partial charge in [-0.15, -0.1) is 0 Å². The molecular weight excluding hydrogens is 162 g/mol. The molecule has 0 radical (unpaired) electrons. The van der Waals surface area contributed by atoms with Gasteiger partial charge in [-0.1, -0.05) is 32.6 Å². The summed E-state index contributed by atoms with van der Waals surface area (Å²) in [5.41, 5.74) is 0. The second-order valence-corrected chi connectivity index (χ2v) is 4.39. The molecule has 1 rings (SSSR count). The summed E-state index contributed by atoms with van der Waals surface area (Å²) in [6.45, 7) is 4.00. The van der Waals surface area contributed by atoms with E-state index in [9.17, 15) is 5.11 Å². The molecule has 0 saturated heterocycles. The van der Waals surface area contributed by atoms with E-state index in [1.807, 2.05) is 0 Å². The number of aliphatic hydroxyl groups is 1. The number of hydrogen-bond acceptors (Lipinski definition) is 2. The fourth-order valence-corrected chi connectivity index (χ4v) is 2.19. The van der Waals surface area contributed by atoms with E-state index >= 15 is 0 Å². The Kier molecular flexibility index (Phi) is 4.74. The SMILES string of the molecule is CCN(C)CC(O)CC1CCCC1. The normalized spacial score (nSPS) is 21.2. The Balaban J connectivity index is 2.12. The third kappa shape index (κ3) is 4.10. The second kappa shape index (κ2) is 5.61. The van der Waals surface area contributed by atoms with Gasteiger partial charge in [-0.3, -0.25) is 0 Å². The topological polar surface area (TPSA) is 23.5 Å². The first kappa shape index (κ1) is 11.0. The Morgan fingerprint density at radius 3 is 2.54 bits per heavy atom. The molecule has 1 atom stereocenters. The molecule has 1 N–H and O–H groups in total. The lowest BCUT2D eigenvalue weighted by Crippen LogP contribution is -2.30. The van der Waals surface area contributed by atoms with Crippen LogP contribution in [0.25, 0.3) is 0 Å². The van der Waals surface area contributed by atoms with Gasteiger partial charge in [-0.2, -0.15) is 0 Å². The lowest BCUT2D eigenvalue weighted by Gasteiger charge is -2.20. The van der Waals surface area contributed by atoms with E-state index in [0.29, 0.717) is 0 Å². The summed E-state index contributed by atoms with van der Waals surface area (Å²) in [5.74, 6) is 0.806. The van der Waals surface area contributed by atoms with Crippen LogP contribution >= 0.6 is 0 Å². The molecule has 1 aliphatic carbocycles. The molecule has 1 aliphatic rings. The minimum absolute atomic E-state index is 0.104. The minimum atomic E-state index is -0.104. The van der Waals surface area contributed by atoms with Crippen LogP contribution in [0.2, 0.25) is 0 Å². The molecule has 2 heteroatoms. The predicted molar refractivity (Wildman–Crippen MR) is 55.8 cm³/mol. The molecule has 0 aromatic rings. The van der Waals surface area contributed by atoms with Crippen molar-refractivity contribution >= 4 is 0 Å². The highest BCUT2D eigenvalue weighted by atomic mass is 16.3. The van der Waals surface area contributed by atoms with Gasteiger partial charge in [0.15, 0.2) is 0 Å². The first-order chi connectivity index (χ1) is 6.22. The molecule has 1 saturated carbocycles. The number of likely N-dealkylation sites (N-methyl/N-ethyl adjacent to an activating group) is 1. The Morgan fingerprint density at radius 2 is 2.00 bits per heavy atom. The first-order valence-corrected chi connectivity index (χ1v) is 5.59. The number of hydrogen-bond donors (Lipinski definition) is 1. The van der Waals surface area contributed by atoms with Crippen molar-refractivity contribution < 1.29 is 5.11 Å². The molecular formula is C11H23NO. The van der Waals surface area contributed by atoms with Gasteiger partial charge in [0, 0.05) is 6.54 Å². The van der Waals surface area contributed by atoms with Crippen LogP contribution in [0.4, 0.5) is 0 Å². The molecule has 0 bridgehead atoms. The van der Waals surface area contributed by atoms with Crippen molar-refractivity contribution in [3.05, 3.63) is 0 Å². The molecule has 13 heavy (non-hydrogen) atoms. The Bertz CT molecular complexity index is 132. The van der Waals surface area contributed by atoms with Crippen LogP contribution in [0.5, 0.6) is 0 Å². The van der Waals surface area contributed by atoms with Gasteiger partial charge in [0.2, 0.25) is 0 Å². The Morgan fingerprint density at radius 1 is 1.38 bits per heavy atom. The smallest absolute Gasteiger partial charge is 0.0669 e. The zero-order chi connectivity index (χ0) is 9.68. The van der Waals surface area contributed by atoms with Gasteiger partial charge >= 0.3 is 0 Å².